The van der Waals surface area contributed by atoms with E-state index in [0.29, 0.717) is 0 Å². The fraction of sp³-hybridized carbons (Fsp3) is 0.267. The molecular formula is C15H14N4S. The van der Waals surface area contributed by atoms with Gasteiger partial charge in [-0.3, -0.25) is 4.98 Å². The number of anilines is 1. The first-order valence-electron chi connectivity index (χ1n) is 6.71. The van der Waals surface area contributed by atoms with Gasteiger partial charge in [0.15, 0.2) is 5.82 Å². The van der Waals surface area contributed by atoms with Gasteiger partial charge in [-0.15, -0.1) is 11.3 Å². The van der Waals surface area contributed by atoms with Crippen molar-refractivity contribution in [2.45, 2.75) is 19.9 Å². The summed E-state index contributed by atoms with van der Waals surface area (Å²) in [5.74, 6) is 1.90. The van der Waals surface area contributed by atoms with Crippen LogP contribution in [0.4, 0.5) is 5.82 Å². The first-order chi connectivity index (χ1) is 9.81. The fourth-order valence-corrected chi connectivity index (χ4v) is 3.57. The lowest BCUT2D eigenvalue weighted by atomic mass is 10.1. The normalized spacial score (nSPS) is 14.6. The van der Waals surface area contributed by atoms with E-state index in [1.807, 2.05) is 19.2 Å². The Hall–Kier alpha value is -2.01. The van der Waals surface area contributed by atoms with Crippen LogP contribution in [0.2, 0.25) is 0 Å². The standard InChI is InChI=1S/C15H14N4S/c1-10-17-13-5-8-20-14(13)15(18-10)19-7-4-12-11(9-19)3-2-6-16-12/h2-3,5-6,8H,4,7,9H2,1H3. The molecule has 0 bridgehead atoms. The van der Waals surface area contributed by atoms with Crippen LogP contribution < -0.4 is 4.90 Å². The zero-order chi connectivity index (χ0) is 13.5. The minimum absolute atomic E-state index is 0.836. The van der Waals surface area contributed by atoms with Crippen LogP contribution in [0, 0.1) is 6.92 Å². The summed E-state index contributed by atoms with van der Waals surface area (Å²) in [6.07, 6.45) is 2.85. The van der Waals surface area contributed by atoms with E-state index in [1.54, 1.807) is 11.3 Å². The number of fused-ring (bicyclic) bond motifs is 2. The molecule has 0 unspecified atom stereocenters. The highest BCUT2D eigenvalue weighted by Crippen LogP contribution is 2.31. The molecule has 0 saturated heterocycles. The van der Waals surface area contributed by atoms with Crippen molar-refractivity contribution in [3.63, 3.8) is 0 Å². The second kappa shape index (κ2) is 4.52. The van der Waals surface area contributed by atoms with Crippen molar-refractivity contribution < 1.29 is 0 Å². The molecule has 0 atom stereocenters. The fourth-order valence-electron chi connectivity index (χ4n) is 2.72. The summed E-state index contributed by atoms with van der Waals surface area (Å²) in [4.78, 5) is 16.0. The van der Waals surface area contributed by atoms with Crippen molar-refractivity contribution in [3.8, 4) is 0 Å². The topological polar surface area (TPSA) is 41.9 Å². The van der Waals surface area contributed by atoms with E-state index in [-0.39, 0.29) is 0 Å². The average molecular weight is 282 g/mol. The molecule has 3 aromatic rings. The predicted octanol–water partition coefficient (Wildman–Crippen LogP) is 2.96. The SMILES string of the molecule is Cc1nc(N2CCc3ncccc3C2)c2sccc2n1. The first kappa shape index (κ1) is 11.8. The number of nitrogens with zero attached hydrogens (tertiary/aromatic N) is 4. The maximum atomic E-state index is 4.67. The van der Waals surface area contributed by atoms with Gasteiger partial charge in [-0.1, -0.05) is 6.07 Å². The van der Waals surface area contributed by atoms with Crippen molar-refractivity contribution in [2.75, 3.05) is 11.4 Å². The minimum atomic E-state index is 0.836. The second-order valence-corrected chi connectivity index (χ2v) is 5.93. The molecule has 4 nitrogen and oxygen atoms in total. The van der Waals surface area contributed by atoms with Crippen molar-refractivity contribution in [1.82, 2.24) is 15.0 Å². The zero-order valence-corrected chi connectivity index (χ0v) is 12.0. The van der Waals surface area contributed by atoms with Gasteiger partial charge in [0.05, 0.1) is 10.2 Å². The molecule has 0 fully saturated rings. The summed E-state index contributed by atoms with van der Waals surface area (Å²) in [5, 5.41) is 2.09. The Labute approximate surface area is 121 Å². The lowest BCUT2D eigenvalue weighted by molar-refractivity contribution is 0.704. The van der Waals surface area contributed by atoms with Crippen LogP contribution in [-0.4, -0.2) is 21.5 Å². The highest BCUT2D eigenvalue weighted by atomic mass is 32.1. The van der Waals surface area contributed by atoms with Gasteiger partial charge < -0.3 is 4.90 Å². The molecule has 0 radical (unpaired) electrons. The number of rotatable bonds is 1. The summed E-state index contributed by atoms with van der Waals surface area (Å²) in [5.41, 5.74) is 3.58. The highest BCUT2D eigenvalue weighted by Gasteiger charge is 2.20. The third kappa shape index (κ3) is 1.86. The quantitative estimate of drug-likeness (QED) is 0.688. The van der Waals surface area contributed by atoms with E-state index in [9.17, 15) is 0 Å². The van der Waals surface area contributed by atoms with E-state index in [1.165, 1.54) is 16.0 Å². The maximum Gasteiger partial charge on any atom is 0.150 e. The monoisotopic (exact) mass is 282 g/mol. The van der Waals surface area contributed by atoms with E-state index < -0.39 is 0 Å². The van der Waals surface area contributed by atoms with Crippen molar-refractivity contribution in [1.29, 1.82) is 0 Å². The summed E-state index contributed by atoms with van der Waals surface area (Å²) in [6, 6.07) is 6.24. The largest absolute Gasteiger partial charge is 0.351 e. The molecule has 4 heterocycles. The molecule has 0 aromatic carbocycles. The Kier molecular flexibility index (Phi) is 2.67. The van der Waals surface area contributed by atoms with Crippen LogP contribution in [0.25, 0.3) is 10.2 Å². The van der Waals surface area contributed by atoms with Gasteiger partial charge in [-0.2, -0.15) is 0 Å². The smallest absolute Gasteiger partial charge is 0.150 e. The van der Waals surface area contributed by atoms with Gasteiger partial charge in [-0.25, -0.2) is 9.97 Å². The van der Waals surface area contributed by atoms with Crippen LogP contribution in [0.5, 0.6) is 0 Å². The molecule has 20 heavy (non-hydrogen) atoms. The second-order valence-electron chi connectivity index (χ2n) is 5.01. The number of pyridine rings is 1. The van der Waals surface area contributed by atoms with Gasteiger partial charge >= 0.3 is 0 Å². The molecule has 0 aliphatic carbocycles. The summed E-state index contributed by atoms with van der Waals surface area (Å²) >= 11 is 1.72. The molecule has 0 amide bonds. The van der Waals surface area contributed by atoms with Crippen LogP contribution >= 0.6 is 11.3 Å². The van der Waals surface area contributed by atoms with E-state index in [4.69, 9.17) is 0 Å². The number of aromatic nitrogens is 3. The van der Waals surface area contributed by atoms with Crippen molar-refractivity contribution >= 4 is 27.4 Å². The Balaban J connectivity index is 1.79. The lowest BCUT2D eigenvalue weighted by Crippen LogP contribution is -2.31. The number of aryl methyl sites for hydroxylation is 1. The molecule has 4 rings (SSSR count). The molecule has 1 aliphatic heterocycles. The summed E-state index contributed by atoms with van der Waals surface area (Å²) in [7, 11) is 0. The van der Waals surface area contributed by atoms with Gasteiger partial charge in [0.25, 0.3) is 0 Å². The van der Waals surface area contributed by atoms with Gasteiger partial charge in [-0.05, 0) is 30.0 Å². The Bertz CT molecular complexity index is 780. The summed E-state index contributed by atoms with van der Waals surface area (Å²) < 4.78 is 1.18. The number of hydrogen-bond acceptors (Lipinski definition) is 5. The highest BCUT2D eigenvalue weighted by molar-refractivity contribution is 7.17. The van der Waals surface area contributed by atoms with E-state index >= 15 is 0 Å². The molecule has 1 aliphatic rings. The molecule has 100 valence electrons. The minimum Gasteiger partial charge on any atom is -0.351 e. The van der Waals surface area contributed by atoms with Gasteiger partial charge in [0.1, 0.15) is 5.82 Å². The Morgan fingerprint density at radius 2 is 2.20 bits per heavy atom. The first-order valence-corrected chi connectivity index (χ1v) is 7.59. The molecular weight excluding hydrogens is 268 g/mol. The number of thiophene rings is 1. The van der Waals surface area contributed by atoms with Crippen LogP contribution in [0.3, 0.4) is 0 Å². The maximum absolute atomic E-state index is 4.67. The Morgan fingerprint density at radius 1 is 1.25 bits per heavy atom. The third-order valence-electron chi connectivity index (χ3n) is 3.66. The molecule has 0 N–H and O–H groups in total. The predicted molar refractivity (Wildman–Crippen MR) is 81.1 cm³/mol. The molecule has 3 aromatic heterocycles. The van der Waals surface area contributed by atoms with Crippen molar-refractivity contribution in [2.24, 2.45) is 0 Å². The van der Waals surface area contributed by atoms with Crippen LogP contribution in [0.1, 0.15) is 17.1 Å². The van der Waals surface area contributed by atoms with Gasteiger partial charge in [0, 0.05) is 31.4 Å². The lowest BCUT2D eigenvalue weighted by Gasteiger charge is -2.29. The Morgan fingerprint density at radius 3 is 3.15 bits per heavy atom. The van der Waals surface area contributed by atoms with E-state index in [2.05, 4.69) is 37.4 Å². The third-order valence-corrected chi connectivity index (χ3v) is 4.56. The van der Waals surface area contributed by atoms with E-state index in [0.717, 1.165) is 36.7 Å². The molecule has 0 saturated carbocycles. The van der Waals surface area contributed by atoms with Crippen LogP contribution in [-0.2, 0) is 13.0 Å². The zero-order valence-electron chi connectivity index (χ0n) is 11.2. The van der Waals surface area contributed by atoms with Gasteiger partial charge in [0.2, 0.25) is 0 Å². The van der Waals surface area contributed by atoms with Crippen molar-refractivity contribution in [3.05, 3.63) is 46.9 Å². The number of hydrogen-bond donors (Lipinski definition) is 0. The molecule has 0 spiro atoms. The van der Waals surface area contributed by atoms with Crippen LogP contribution in [0.15, 0.2) is 29.8 Å². The average Bonchev–Trinajstić information content (AvgIpc) is 2.94. The summed E-state index contributed by atoms with van der Waals surface area (Å²) in [6.45, 7) is 3.81. The molecule has 5 heteroatoms.